The van der Waals surface area contributed by atoms with Crippen molar-refractivity contribution < 1.29 is 8.78 Å². The molecule has 0 saturated heterocycles. The molecule has 0 aliphatic carbocycles. The molecule has 0 spiro atoms. The van der Waals surface area contributed by atoms with Gasteiger partial charge in [-0.15, -0.1) is 0 Å². The average molecular weight is 293 g/mol. The van der Waals surface area contributed by atoms with Gasteiger partial charge in [0.15, 0.2) is 11.6 Å². The summed E-state index contributed by atoms with van der Waals surface area (Å²) in [6.45, 7) is 5.78. The third-order valence-corrected chi connectivity index (χ3v) is 3.52. The predicted molar refractivity (Wildman–Crippen MR) is 79.0 cm³/mol. The van der Waals surface area contributed by atoms with Crippen LogP contribution in [-0.2, 0) is 13.0 Å². The molecule has 1 N–H and O–H groups in total. The van der Waals surface area contributed by atoms with Crippen LogP contribution in [0.15, 0.2) is 30.6 Å². The SMILES string of the molecule is CCCNC(Cc1nccn1CC)c1ccc(F)c(F)c1. The van der Waals surface area contributed by atoms with E-state index in [1.807, 2.05) is 6.20 Å². The maximum atomic E-state index is 13.5. The lowest BCUT2D eigenvalue weighted by atomic mass is 10.0. The number of nitrogens with one attached hydrogen (secondary N) is 1. The molecule has 0 radical (unpaired) electrons. The molecule has 1 heterocycles. The number of hydrogen-bond donors (Lipinski definition) is 1. The average Bonchev–Trinajstić information content (AvgIpc) is 2.93. The van der Waals surface area contributed by atoms with Crippen LogP contribution >= 0.6 is 0 Å². The summed E-state index contributed by atoms with van der Waals surface area (Å²) in [4.78, 5) is 4.36. The summed E-state index contributed by atoms with van der Waals surface area (Å²) in [7, 11) is 0. The fraction of sp³-hybridized carbons (Fsp3) is 0.438. The van der Waals surface area contributed by atoms with E-state index in [9.17, 15) is 8.78 Å². The molecular formula is C16H21F2N3. The van der Waals surface area contributed by atoms with Crippen LogP contribution in [0.3, 0.4) is 0 Å². The van der Waals surface area contributed by atoms with Gasteiger partial charge in [-0.1, -0.05) is 13.0 Å². The number of benzene rings is 1. The molecule has 0 fully saturated rings. The van der Waals surface area contributed by atoms with Gasteiger partial charge in [0, 0.05) is 31.4 Å². The fourth-order valence-corrected chi connectivity index (χ4v) is 2.36. The van der Waals surface area contributed by atoms with E-state index in [1.165, 1.54) is 12.1 Å². The van der Waals surface area contributed by atoms with Gasteiger partial charge < -0.3 is 9.88 Å². The Hall–Kier alpha value is -1.75. The van der Waals surface area contributed by atoms with Gasteiger partial charge in [-0.25, -0.2) is 13.8 Å². The van der Waals surface area contributed by atoms with E-state index in [1.54, 1.807) is 12.3 Å². The first-order valence-electron chi connectivity index (χ1n) is 7.34. The van der Waals surface area contributed by atoms with Gasteiger partial charge in [0.25, 0.3) is 0 Å². The van der Waals surface area contributed by atoms with Crippen molar-refractivity contribution in [3.8, 4) is 0 Å². The molecule has 0 aliphatic heterocycles. The van der Waals surface area contributed by atoms with E-state index in [0.717, 1.165) is 30.9 Å². The lowest BCUT2D eigenvalue weighted by Gasteiger charge is -2.19. The van der Waals surface area contributed by atoms with Gasteiger partial charge in [0.05, 0.1) is 0 Å². The monoisotopic (exact) mass is 293 g/mol. The molecule has 1 aromatic heterocycles. The smallest absolute Gasteiger partial charge is 0.159 e. The van der Waals surface area contributed by atoms with Crippen molar-refractivity contribution in [3.05, 3.63) is 53.6 Å². The van der Waals surface area contributed by atoms with Crippen LogP contribution in [0.1, 0.15) is 37.7 Å². The molecule has 21 heavy (non-hydrogen) atoms. The summed E-state index contributed by atoms with van der Waals surface area (Å²) in [5.74, 6) is -0.687. The summed E-state index contributed by atoms with van der Waals surface area (Å²) < 4.78 is 28.6. The van der Waals surface area contributed by atoms with Gasteiger partial charge in [-0.2, -0.15) is 0 Å². The van der Waals surface area contributed by atoms with Gasteiger partial charge in [-0.3, -0.25) is 0 Å². The van der Waals surface area contributed by atoms with E-state index in [0.29, 0.717) is 6.42 Å². The lowest BCUT2D eigenvalue weighted by molar-refractivity contribution is 0.485. The van der Waals surface area contributed by atoms with E-state index in [4.69, 9.17) is 0 Å². The van der Waals surface area contributed by atoms with Crippen molar-refractivity contribution in [1.29, 1.82) is 0 Å². The standard InChI is InChI=1S/C16H21F2N3/c1-3-7-19-15(11-16-20-8-9-21(16)4-2)12-5-6-13(17)14(18)10-12/h5-6,8-10,15,19H,3-4,7,11H2,1-2H3. The molecule has 2 aromatic rings. The number of hydrogen-bond acceptors (Lipinski definition) is 2. The topological polar surface area (TPSA) is 29.9 Å². The van der Waals surface area contributed by atoms with E-state index < -0.39 is 11.6 Å². The van der Waals surface area contributed by atoms with Crippen molar-refractivity contribution >= 4 is 0 Å². The van der Waals surface area contributed by atoms with Crippen LogP contribution in [0.25, 0.3) is 0 Å². The second kappa shape index (κ2) is 7.31. The maximum Gasteiger partial charge on any atom is 0.159 e. The van der Waals surface area contributed by atoms with Gasteiger partial charge in [0.2, 0.25) is 0 Å². The van der Waals surface area contributed by atoms with E-state index in [-0.39, 0.29) is 6.04 Å². The highest BCUT2D eigenvalue weighted by atomic mass is 19.2. The first-order valence-corrected chi connectivity index (χ1v) is 7.34. The summed E-state index contributed by atoms with van der Waals surface area (Å²) in [6.07, 6.45) is 5.31. The second-order valence-corrected chi connectivity index (χ2v) is 5.01. The van der Waals surface area contributed by atoms with Gasteiger partial charge in [0.1, 0.15) is 5.82 Å². The largest absolute Gasteiger partial charge is 0.335 e. The predicted octanol–water partition coefficient (Wildman–Crippen LogP) is 3.46. The number of aryl methyl sites for hydroxylation is 1. The minimum Gasteiger partial charge on any atom is -0.335 e. The number of nitrogens with zero attached hydrogens (tertiary/aromatic N) is 2. The molecular weight excluding hydrogens is 272 g/mol. The van der Waals surface area contributed by atoms with Gasteiger partial charge in [-0.05, 0) is 37.6 Å². The van der Waals surface area contributed by atoms with Gasteiger partial charge >= 0.3 is 0 Å². The second-order valence-electron chi connectivity index (χ2n) is 5.01. The van der Waals surface area contributed by atoms with Crippen molar-refractivity contribution in [2.45, 2.75) is 39.3 Å². The number of aromatic nitrogens is 2. The minimum absolute atomic E-state index is 0.0762. The molecule has 0 amide bonds. The van der Waals surface area contributed by atoms with Crippen LogP contribution < -0.4 is 5.32 Å². The Bertz CT molecular complexity index is 581. The summed E-state index contributed by atoms with van der Waals surface area (Å²) in [5.41, 5.74) is 0.744. The normalized spacial score (nSPS) is 12.6. The molecule has 1 atom stereocenters. The Morgan fingerprint density at radius 1 is 1.24 bits per heavy atom. The van der Waals surface area contributed by atoms with Crippen molar-refractivity contribution in [2.75, 3.05) is 6.54 Å². The highest BCUT2D eigenvalue weighted by molar-refractivity contribution is 5.22. The highest BCUT2D eigenvalue weighted by Crippen LogP contribution is 2.20. The quantitative estimate of drug-likeness (QED) is 0.847. The third-order valence-electron chi connectivity index (χ3n) is 3.52. The zero-order valence-electron chi connectivity index (χ0n) is 12.4. The Morgan fingerprint density at radius 2 is 2.05 bits per heavy atom. The van der Waals surface area contributed by atoms with Crippen molar-refractivity contribution in [1.82, 2.24) is 14.9 Å². The highest BCUT2D eigenvalue weighted by Gasteiger charge is 2.16. The number of rotatable bonds is 7. The lowest BCUT2D eigenvalue weighted by Crippen LogP contribution is -2.25. The Morgan fingerprint density at radius 3 is 2.71 bits per heavy atom. The summed E-state index contributed by atoms with van der Waals surface area (Å²) in [5, 5.41) is 3.38. The molecule has 1 aromatic carbocycles. The molecule has 1 unspecified atom stereocenters. The third kappa shape index (κ3) is 3.88. The molecule has 2 rings (SSSR count). The van der Waals surface area contributed by atoms with Crippen LogP contribution in [0, 0.1) is 11.6 Å². The molecule has 0 saturated carbocycles. The van der Waals surface area contributed by atoms with E-state index in [2.05, 4.69) is 28.7 Å². The van der Waals surface area contributed by atoms with Crippen molar-refractivity contribution in [2.24, 2.45) is 0 Å². The molecule has 114 valence electrons. The van der Waals surface area contributed by atoms with Crippen LogP contribution in [-0.4, -0.2) is 16.1 Å². The zero-order valence-corrected chi connectivity index (χ0v) is 12.4. The number of imidazole rings is 1. The van der Waals surface area contributed by atoms with Crippen LogP contribution in [0.2, 0.25) is 0 Å². The molecule has 3 nitrogen and oxygen atoms in total. The zero-order chi connectivity index (χ0) is 15.2. The Kier molecular flexibility index (Phi) is 5.44. The Balaban J connectivity index is 2.23. The molecule has 0 aliphatic rings. The van der Waals surface area contributed by atoms with E-state index >= 15 is 0 Å². The van der Waals surface area contributed by atoms with Crippen LogP contribution in [0.4, 0.5) is 8.78 Å². The summed E-state index contributed by atoms with van der Waals surface area (Å²) >= 11 is 0. The first kappa shape index (κ1) is 15.6. The maximum absolute atomic E-state index is 13.5. The van der Waals surface area contributed by atoms with Crippen LogP contribution in [0.5, 0.6) is 0 Å². The van der Waals surface area contributed by atoms with Crippen molar-refractivity contribution in [3.63, 3.8) is 0 Å². The number of halogens is 2. The molecule has 0 bridgehead atoms. The summed E-state index contributed by atoms with van der Waals surface area (Å²) in [6, 6.07) is 4.00. The fourth-order valence-electron chi connectivity index (χ4n) is 2.36. The Labute approximate surface area is 124 Å². The molecule has 5 heteroatoms. The first-order chi connectivity index (χ1) is 10.2. The minimum atomic E-state index is -0.817.